The summed E-state index contributed by atoms with van der Waals surface area (Å²) < 4.78 is 14.7. The number of nitrogens with zero attached hydrogens (tertiary/aromatic N) is 4. The van der Waals surface area contributed by atoms with Crippen molar-refractivity contribution >= 4 is 28.8 Å². The molecule has 0 aliphatic carbocycles. The molecule has 0 saturated carbocycles. The van der Waals surface area contributed by atoms with Gasteiger partial charge in [-0.15, -0.1) is 5.10 Å². The molecular weight excluding hydrogens is 373 g/mol. The summed E-state index contributed by atoms with van der Waals surface area (Å²) in [5, 5.41) is 10.2. The number of rotatable bonds is 7. The lowest BCUT2D eigenvalue weighted by Crippen LogP contribution is -2.37. The van der Waals surface area contributed by atoms with E-state index in [1.807, 2.05) is 6.92 Å². The van der Waals surface area contributed by atoms with Gasteiger partial charge in [0.25, 0.3) is 11.1 Å². The summed E-state index contributed by atoms with van der Waals surface area (Å²) in [7, 11) is 0. The maximum atomic E-state index is 13.1. The summed E-state index contributed by atoms with van der Waals surface area (Å²) in [5.41, 5.74) is 0.989. The Kier molecular flexibility index (Phi) is 5.84. The number of aromatic nitrogens is 3. The standard InChI is InChI=1S/C17H18FN5O3S/c1-2-14(11-3-5-12(18)6-4-11)23-9-13(20-21-23)16(25)19-7-8-22-15(24)10-27-17(22)26/h3-6,9,14H,2,7-8,10H2,1H3,(H,19,25)/t14-/m1/s1. The van der Waals surface area contributed by atoms with Crippen LogP contribution in [0.5, 0.6) is 0 Å². The first-order valence-electron chi connectivity index (χ1n) is 8.42. The van der Waals surface area contributed by atoms with E-state index in [1.165, 1.54) is 18.3 Å². The van der Waals surface area contributed by atoms with Gasteiger partial charge in [-0.3, -0.25) is 19.3 Å². The summed E-state index contributed by atoms with van der Waals surface area (Å²) in [5.74, 6) is -0.874. The van der Waals surface area contributed by atoms with Crippen molar-refractivity contribution in [2.75, 3.05) is 18.8 Å². The quantitative estimate of drug-likeness (QED) is 0.774. The molecule has 27 heavy (non-hydrogen) atoms. The van der Waals surface area contributed by atoms with Crippen LogP contribution in [0, 0.1) is 5.82 Å². The van der Waals surface area contributed by atoms with Crippen LogP contribution < -0.4 is 5.32 Å². The van der Waals surface area contributed by atoms with Crippen molar-refractivity contribution in [3.05, 3.63) is 47.5 Å². The summed E-state index contributed by atoms with van der Waals surface area (Å²) in [6, 6.07) is 5.93. The molecule has 0 bridgehead atoms. The van der Waals surface area contributed by atoms with Crippen molar-refractivity contribution in [2.24, 2.45) is 0 Å². The van der Waals surface area contributed by atoms with Crippen LogP contribution in [0.25, 0.3) is 0 Å². The van der Waals surface area contributed by atoms with E-state index in [9.17, 15) is 18.8 Å². The molecule has 142 valence electrons. The molecule has 1 aromatic heterocycles. The summed E-state index contributed by atoms with van der Waals surface area (Å²) >= 11 is 0.952. The van der Waals surface area contributed by atoms with Crippen LogP contribution in [-0.4, -0.2) is 55.8 Å². The highest BCUT2D eigenvalue weighted by molar-refractivity contribution is 8.14. The predicted octanol–water partition coefficient (Wildman–Crippen LogP) is 1.84. The Morgan fingerprint density at radius 1 is 1.33 bits per heavy atom. The predicted molar refractivity (Wildman–Crippen MR) is 96.8 cm³/mol. The minimum atomic E-state index is -0.443. The SMILES string of the molecule is CC[C@H](c1ccc(F)cc1)n1cc(C(=O)NCCN2C(=O)CSC2=O)nn1. The summed E-state index contributed by atoms with van der Waals surface area (Å²) in [6.07, 6.45) is 2.21. The monoisotopic (exact) mass is 391 g/mol. The molecule has 0 radical (unpaired) electrons. The number of hydrogen-bond donors (Lipinski definition) is 1. The molecule has 1 N–H and O–H groups in total. The van der Waals surface area contributed by atoms with Gasteiger partial charge in [0.05, 0.1) is 18.0 Å². The molecule has 0 spiro atoms. The second kappa shape index (κ2) is 8.30. The Morgan fingerprint density at radius 3 is 2.70 bits per heavy atom. The van der Waals surface area contributed by atoms with Gasteiger partial charge in [0, 0.05) is 13.1 Å². The molecule has 0 unspecified atom stereocenters. The summed E-state index contributed by atoms with van der Waals surface area (Å²) in [6.45, 7) is 2.22. The number of benzene rings is 1. The van der Waals surface area contributed by atoms with Crippen LogP contribution in [0.3, 0.4) is 0 Å². The average molecular weight is 391 g/mol. The Morgan fingerprint density at radius 2 is 2.07 bits per heavy atom. The Balaban J connectivity index is 1.60. The molecule has 3 amide bonds. The average Bonchev–Trinajstić information content (AvgIpc) is 3.26. The maximum absolute atomic E-state index is 13.1. The van der Waals surface area contributed by atoms with Gasteiger partial charge in [0.1, 0.15) is 5.82 Å². The molecule has 1 aliphatic heterocycles. The lowest BCUT2D eigenvalue weighted by atomic mass is 10.0. The lowest BCUT2D eigenvalue weighted by molar-refractivity contribution is -0.124. The maximum Gasteiger partial charge on any atom is 0.288 e. The molecule has 10 heteroatoms. The minimum Gasteiger partial charge on any atom is -0.349 e. The molecule has 8 nitrogen and oxygen atoms in total. The molecule has 3 rings (SSSR count). The minimum absolute atomic E-state index is 0.123. The highest BCUT2D eigenvalue weighted by atomic mass is 32.2. The number of nitrogens with one attached hydrogen (secondary N) is 1. The zero-order chi connectivity index (χ0) is 19.4. The lowest BCUT2D eigenvalue weighted by Gasteiger charge is -2.15. The van der Waals surface area contributed by atoms with Crippen molar-refractivity contribution in [3.8, 4) is 0 Å². The van der Waals surface area contributed by atoms with Crippen LogP contribution in [0.4, 0.5) is 9.18 Å². The van der Waals surface area contributed by atoms with Gasteiger partial charge in [0.15, 0.2) is 5.69 Å². The molecule has 2 heterocycles. The van der Waals surface area contributed by atoms with Crippen LogP contribution in [0.2, 0.25) is 0 Å². The fourth-order valence-corrected chi connectivity index (χ4v) is 3.51. The molecule has 1 fully saturated rings. The van der Waals surface area contributed by atoms with Gasteiger partial charge < -0.3 is 5.32 Å². The van der Waals surface area contributed by atoms with E-state index in [0.717, 1.165) is 22.2 Å². The molecule has 1 atom stereocenters. The second-order valence-corrected chi connectivity index (χ2v) is 6.84. The highest BCUT2D eigenvalue weighted by Crippen LogP contribution is 2.21. The van der Waals surface area contributed by atoms with Crippen molar-refractivity contribution < 1.29 is 18.8 Å². The van der Waals surface area contributed by atoms with Gasteiger partial charge in [0.2, 0.25) is 5.91 Å². The fraction of sp³-hybridized carbons (Fsp3) is 0.353. The van der Waals surface area contributed by atoms with Crippen LogP contribution >= 0.6 is 11.8 Å². The summed E-state index contributed by atoms with van der Waals surface area (Å²) in [4.78, 5) is 36.4. The number of carbonyl (C=O) groups is 3. The number of halogens is 1. The number of carbonyl (C=O) groups excluding carboxylic acids is 3. The van der Waals surface area contributed by atoms with Crippen LogP contribution in [0.15, 0.2) is 30.5 Å². The van der Waals surface area contributed by atoms with Gasteiger partial charge in [-0.25, -0.2) is 9.07 Å². The topological polar surface area (TPSA) is 97.2 Å². The van der Waals surface area contributed by atoms with E-state index < -0.39 is 5.91 Å². The van der Waals surface area contributed by atoms with E-state index in [1.54, 1.807) is 16.8 Å². The molecule has 1 saturated heterocycles. The van der Waals surface area contributed by atoms with Gasteiger partial charge in [-0.1, -0.05) is 36.0 Å². The van der Waals surface area contributed by atoms with E-state index in [4.69, 9.17) is 0 Å². The Bertz CT molecular complexity index is 839. The number of amides is 3. The fourth-order valence-electron chi connectivity index (χ4n) is 2.76. The van der Waals surface area contributed by atoms with Crippen molar-refractivity contribution in [1.82, 2.24) is 25.2 Å². The van der Waals surface area contributed by atoms with Crippen molar-refractivity contribution in [3.63, 3.8) is 0 Å². The van der Waals surface area contributed by atoms with Crippen LogP contribution in [0.1, 0.15) is 35.4 Å². The number of thioether (sulfide) groups is 1. The smallest absolute Gasteiger partial charge is 0.288 e. The van der Waals surface area contributed by atoms with E-state index >= 15 is 0 Å². The number of hydrogen-bond acceptors (Lipinski definition) is 6. The van der Waals surface area contributed by atoms with Gasteiger partial charge >= 0.3 is 0 Å². The third kappa shape index (κ3) is 4.33. The molecule has 1 aromatic carbocycles. The van der Waals surface area contributed by atoms with Crippen molar-refractivity contribution in [2.45, 2.75) is 19.4 Å². The van der Waals surface area contributed by atoms with Crippen LogP contribution in [-0.2, 0) is 4.79 Å². The highest BCUT2D eigenvalue weighted by Gasteiger charge is 2.29. The van der Waals surface area contributed by atoms with Gasteiger partial charge in [-0.05, 0) is 24.1 Å². The van der Waals surface area contributed by atoms with E-state index in [2.05, 4.69) is 15.6 Å². The first-order valence-corrected chi connectivity index (χ1v) is 9.40. The zero-order valence-corrected chi connectivity index (χ0v) is 15.4. The number of imide groups is 1. The first-order chi connectivity index (χ1) is 13.0. The zero-order valence-electron chi connectivity index (χ0n) is 14.6. The first kappa shape index (κ1) is 19.0. The third-order valence-corrected chi connectivity index (χ3v) is 5.02. The second-order valence-electron chi connectivity index (χ2n) is 5.92. The Hall–Kier alpha value is -2.75. The normalized spacial score (nSPS) is 15.3. The van der Waals surface area contributed by atoms with Crippen molar-refractivity contribution in [1.29, 1.82) is 0 Å². The largest absolute Gasteiger partial charge is 0.349 e. The molecule has 2 aromatic rings. The Labute approximate surface area is 159 Å². The third-order valence-electron chi connectivity index (χ3n) is 4.17. The van der Waals surface area contributed by atoms with Gasteiger partial charge in [-0.2, -0.15) is 0 Å². The molecule has 1 aliphatic rings. The van der Waals surface area contributed by atoms with E-state index in [-0.39, 0.29) is 47.5 Å². The van der Waals surface area contributed by atoms with E-state index in [0.29, 0.717) is 6.42 Å². The molecular formula is C17H18FN5O3S.